The minimum atomic E-state index is 0.199. The zero-order chi connectivity index (χ0) is 52.4. The van der Waals surface area contributed by atoms with E-state index in [0.29, 0.717) is 43.6 Å². The molecule has 0 heterocycles. The molecule has 0 saturated carbocycles. The van der Waals surface area contributed by atoms with E-state index in [-0.39, 0.29) is 28.7 Å². The molecule has 0 saturated heterocycles. The first-order valence-corrected chi connectivity index (χ1v) is 26.3. The number of phenolic OH excluding ortho intramolecular Hbond substituents is 7. The fourth-order valence-electron chi connectivity index (χ4n) is 9.93. The number of hydrogen-bond donors (Lipinski definition) is 7. The van der Waals surface area contributed by atoms with Crippen LogP contribution in [0.25, 0.3) is 0 Å². The van der Waals surface area contributed by atoms with Crippen molar-refractivity contribution in [1.29, 1.82) is 0 Å². The average Bonchev–Trinajstić information content (AvgIpc) is 3.38. The largest absolute Gasteiger partial charge is 0.508 e. The molecule has 0 aliphatic carbocycles. The molecular weight excluding hydrogens is 893 g/mol. The molecule has 7 N–H and O–H groups in total. The molecule has 72 heavy (non-hydrogen) atoms. The molecule has 0 aliphatic heterocycles. The van der Waals surface area contributed by atoms with Crippen LogP contribution in [0.15, 0.2) is 91.0 Å². The Hall–Kier alpha value is -6.86. The Bertz CT molecular complexity index is 3030. The molecule has 7 rings (SSSR count). The number of benzene rings is 7. The van der Waals surface area contributed by atoms with Gasteiger partial charge in [0.05, 0.1) is 0 Å². The Morgan fingerprint density at radius 1 is 0.236 bits per heavy atom. The van der Waals surface area contributed by atoms with Gasteiger partial charge in [0.1, 0.15) is 40.2 Å². The van der Waals surface area contributed by atoms with Gasteiger partial charge >= 0.3 is 0 Å². The average molecular weight is 971 g/mol. The van der Waals surface area contributed by atoms with E-state index in [4.69, 9.17) is 0 Å². The number of hydrogen-bond acceptors (Lipinski definition) is 7. The normalized spacial score (nSPS) is 11.2. The third kappa shape index (κ3) is 12.8. The third-order valence-corrected chi connectivity index (χ3v) is 14.5. The van der Waals surface area contributed by atoms with Gasteiger partial charge in [0.25, 0.3) is 0 Å². The van der Waals surface area contributed by atoms with Crippen molar-refractivity contribution in [3.8, 4) is 40.2 Å². The molecular formula is C65H78O7. The number of aromatic hydroxyl groups is 7. The van der Waals surface area contributed by atoms with Crippen molar-refractivity contribution >= 4 is 0 Å². The molecule has 7 heteroatoms. The molecule has 7 nitrogen and oxygen atoms in total. The smallest absolute Gasteiger partial charge is 0.122 e. The summed E-state index contributed by atoms with van der Waals surface area (Å²) in [5.41, 5.74) is 18.6. The first-order valence-electron chi connectivity index (χ1n) is 26.3. The second-order valence-electron chi connectivity index (χ2n) is 19.6. The Kier molecular flexibility index (Phi) is 18.5. The molecule has 7 aromatic rings. The highest BCUT2D eigenvalue weighted by atomic mass is 16.3. The van der Waals surface area contributed by atoms with Gasteiger partial charge in [0.15, 0.2) is 0 Å². The van der Waals surface area contributed by atoms with Crippen molar-refractivity contribution in [1.82, 2.24) is 0 Å². The molecule has 0 fully saturated rings. The van der Waals surface area contributed by atoms with E-state index in [1.165, 1.54) is 11.1 Å². The number of aryl methyl sites for hydroxylation is 10. The molecule has 0 atom stereocenters. The second-order valence-corrected chi connectivity index (χ2v) is 19.6. The first kappa shape index (κ1) is 54.5. The quantitative estimate of drug-likeness (QED) is 0.0454. The second kappa shape index (κ2) is 24.5. The highest BCUT2D eigenvalue weighted by Gasteiger charge is 2.20. The van der Waals surface area contributed by atoms with Crippen molar-refractivity contribution in [3.05, 3.63) is 202 Å². The Balaban J connectivity index is 0.000000241. The summed E-state index contributed by atoms with van der Waals surface area (Å²) < 4.78 is 0. The summed E-state index contributed by atoms with van der Waals surface area (Å²) in [4.78, 5) is 0. The summed E-state index contributed by atoms with van der Waals surface area (Å²) in [6.07, 6.45) is 8.93. The molecule has 0 unspecified atom stereocenters. The fourth-order valence-corrected chi connectivity index (χ4v) is 9.93. The van der Waals surface area contributed by atoms with E-state index in [2.05, 4.69) is 54.5 Å². The van der Waals surface area contributed by atoms with Crippen LogP contribution in [-0.2, 0) is 83.5 Å². The maximum Gasteiger partial charge on any atom is 0.122 e. The fraction of sp³-hybridized carbons (Fsp3) is 0.354. The number of phenols is 7. The van der Waals surface area contributed by atoms with Crippen molar-refractivity contribution in [2.24, 2.45) is 0 Å². The summed E-state index contributed by atoms with van der Waals surface area (Å²) in [5.74, 6) is 1.78. The Morgan fingerprint density at radius 2 is 0.458 bits per heavy atom. The van der Waals surface area contributed by atoms with Gasteiger partial charge in [-0.2, -0.15) is 0 Å². The van der Waals surface area contributed by atoms with Crippen LogP contribution in [-0.4, -0.2) is 35.7 Å². The topological polar surface area (TPSA) is 142 Å². The molecule has 0 aromatic heterocycles. The van der Waals surface area contributed by atoms with E-state index < -0.39 is 0 Å². The van der Waals surface area contributed by atoms with E-state index in [0.717, 1.165) is 152 Å². The van der Waals surface area contributed by atoms with Gasteiger partial charge in [-0.05, 0) is 183 Å². The van der Waals surface area contributed by atoms with Crippen molar-refractivity contribution in [2.45, 2.75) is 153 Å². The van der Waals surface area contributed by atoms with Crippen LogP contribution in [0.2, 0.25) is 0 Å². The van der Waals surface area contributed by atoms with E-state index in [1.807, 2.05) is 99.6 Å². The zero-order valence-electron chi connectivity index (χ0n) is 44.5. The van der Waals surface area contributed by atoms with E-state index >= 15 is 0 Å². The van der Waals surface area contributed by atoms with Gasteiger partial charge in [0.2, 0.25) is 0 Å². The minimum absolute atomic E-state index is 0.199. The SMILES string of the molecule is CCc1cc(C)c(O)c(Cc2cc(CC)cc(Cc3cc(CC)cc(CC)c3O)c2O)c1.CCc1ccc(O)c(Cc2cc(CC)cc(Cc3cc(CC)cc(Cc4cc(CC)cc(C)c4O)c3O)c2O)c1. The van der Waals surface area contributed by atoms with Crippen molar-refractivity contribution < 1.29 is 35.7 Å². The van der Waals surface area contributed by atoms with Crippen LogP contribution in [0.4, 0.5) is 0 Å². The maximum atomic E-state index is 11.4. The summed E-state index contributed by atoms with van der Waals surface area (Å²) in [5, 5.41) is 76.7. The zero-order valence-corrected chi connectivity index (χ0v) is 44.5. The van der Waals surface area contributed by atoms with Crippen LogP contribution >= 0.6 is 0 Å². The van der Waals surface area contributed by atoms with Crippen LogP contribution in [0.3, 0.4) is 0 Å². The van der Waals surface area contributed by atoms with Gasteiger partial charge in [-0.15, -0.1) is 0 Å². The van der Waals surface area contributed by atoms with Crippen LogP contribution in [0, 0.1) is 13.8 Å². The molecule has 0 radical (unpaired) electrons. The number of rotatable bonds is 18. The van der Waals surface area contributed by atoms with E-state index in [9.17, 15) is 35.7 Å². The highest BCUT2D eigenvalue weighted by molar-refractivity contribution is 5.56. The molecule has 380 valence electrons. The molecule has 0 aliphatic rings. The van der Waals surface area contributed by atoms with Gasteiger partial charge < -0.3 is 35.7 Å². The summed E-state index contributed by atoms with van der Waals surface area (Å²) in [6.45, 7) is 20.5. The van der Waals surface area contributed by atoms with Gasteiger partial charge in [0, 0.05) is 32.1 Å². The molecule has 0 spiro atoms. The predicted octanol–water partition coefficient (Wildman–Crippen LogP) is 14.4. The van der Waals surface area contributed by atoms with Crippen LogP contribution < -0.4 is 0 Å². The molecule has 0 bridgehead atoms. The monoisotopic (exact) mass is 971 g/mol. The van der Waals surface area contributed by atoms with Gasteiger partial charge in [-0.1, -0.05) is 140 Å². The van der Waals surface area contributed by atoms with Gasteiger partial charge in [-0.25, -0.2) is 0 Å². The first-order chi connectivity index (χ1) is 34.5. The lowest BCUT2D eigenvalue weighted by Crippen LogP contribution is -2.01. The standard InChI is InChI=1S/C36H42O4.C29H36O3/c1-6-23-10-11-33(37)27(13-23)19-29-15-25(8-3)17-31(35(29)39)21-32-18-26(9-4)16-30(36(32)40)20-28-14-24(7-2)12-22(5)34(28)38;1-6-19-10-18(5)27(30)23(12-19)16-25-14-21(8-3)15-26(29(25)32)17-24-13-20(7-2)11-22(9-4)28(24)31/h10-18,37-40H,6-9,19-21H2,1-5H3;10-15,30-32H,6-9,16-17H2,1-5H3. The Labute approximate surface area is 429 Å². The summed E-state index contributed by atoms with van der Waals surface area (Å²) in [7, 11) is 0. The predicted molar refractivity (Wildman–Crippen MR) is 295 cm³/mol. The summed E-state index contributed by atoms with van der Waals surface area (Å²) >= 11 is 0. The lowest BCUT2D eigenvalue weighted by molar-refractivity contribution is 0.452. The third-order valence-electron chi connectivity index (χ3n) is 14.5. The molecule has 7 aromatic carbocycles. The van der Waals surface area contributed by atoms with Gasteiger partial charge in [-0.3, -0.25) is 0 Å². The minimum Gasteiger partial charge on any atom is -0.508 e. The Morgan fingerprint density at radius 3 is 0.736 bits per heavy atom. The lowest BCUT2D eigenvalue weighted by Gasteiger charge is -2.17. The lowest BCUT2D eigenvalue weighted by atomic mass is 9.90. The van der Waals surface area contributed by atoms with Crippen molar-refractivity contribution in [2.75, 3.05) is 0 Å². The highest BCUT2D eigenvalue weighted by Crippen LogP contribution is 2.38. The van der Waals surface area contributed by atoms with Crippen molar-refractivity contribution in [3.63, 3.8) is 0 Å². The summed E-state index contributed by atoms with van der Waals surface area (Å²) in [6, 6.07) is 30.0. The van der Waals surface area contributed by atoms with E-state index in [1.54, 1.807) is 6.07 Å². The van der Waals surface area contributed by atoms with Crippen LogP contribution in [0.1, 0.15) is 167 Å². The maximum absolute atomic E-state index is 11.4. The molecule has 0 amide bonds. The van der Waals surface area contributed by atoms with Crippen LogP contribution in [0.5, 0.6) is 40.2 Å².